The highest BCUT2D eigenvalue weighted by Crippen LogP contribution is 2.24. The van der Waals surface area contributed by atoms with Gasteiger partial charge in [-0.25, -0.2) is 0 Å². The second-order valence-corrected chi connectivity index (χ2v) is 7.79. The average molecular weight is 361 g/mol. The van der Waals surface area contributed by atoms with Crippen LogP contribution in [0.1, 0.15) is 18.4 Å². The molecule has 0 saturated carbocycles. The number of amides is 1. The van der Waals surface area contributed by atoms with E-state index in [9.17, 15) is 15.0 Å². The van der Waals surface area contributed by atoms with Gasteiger partial charge >= 0.3 is 0 Å². The number of carbonyl (C=O) groups excluding carboxylic acids is 1. The number of piperidine rings is 1. The van der Waals surface area contributed by atoms with Gasteiger partial charge in [-0.2, -0.15) is 0 Å². The Morgan fingerprint density at radius 2 is 1.85 bits per heavy atom. The lowest BCUT2D eigenvalue weighted by Crippen LogP contribution is -2.64. The van der Waals surface area contributed by atoms with Gasteiger partial charge in [0.2, 0.25) is 5.91 Å². The van der Waals surface area contributed by atoms with Gasteiger partial charge in [-0.15, -0.1) is 0 Å². The number of hydrogen-bond donors (Lipinski definition) is 2. The van der Waals surface area contributed by atoms with Gasteiger partial charge in [0, 0.05) is 45.7 Å². The van der Waals surface area contributed by atoms with Crippen LogP contribution in [0.15, 0.2) is 30.3 Å². The van der Waals surface area contributed by atoms with Gasteiger partial charge in [0.1, 0.15) is 5.60 Å². The van der Waals surface area contributed by atoms with E-state index in [2.05, 4.69) is 16.8 Å². The number of aliphatic hydroxyl groups is 2. The first-order chi connectivity index (χ1) is 12.5. The highest BCUT2D eigenvalue weighted by Gasteiger charge is 2.43. The minimum absolute atomic E-state index is 0.0533. The summed E-state index contributed by atoms with van der Waals surface area (Å²) in [5.41, 5.74) is -0.0954. The molecule has 2 saturated heterocycles. The molecule has 2 atom stereocenters. The number of likely N-dealkylation sites (tertiary alicyclic amines) is 1. The first-order valence-corrected chi connectivity index (χ1v) is 9.59. The van der Waals surface area contributed by atoms with Gasteiger partial charge in [-0.05, 0) is 25.5 Å². The summed E-state index contributed by atoms with van der Waals surface area (Å²) >= 11 is 0. The number of piperazine rings is 1. The lowest BCUT2D eigenvalue weighted by molar-refractivity contribution is -0.157. The molecule has 2 fully saturated rings. The molecule has 0 unspecified atom stereocenters. The van der Waals surface area contributed by atoms with Gasteiger partial charge in [-0.1, -0.05) is 30.3 Å². The number of carbonyl (C=O) groups is 1. The Balaban J connectivity index is 1.55. The fourth-order valence-electron chi connectivity index (χ4n) is 3.88. The molecule has 0 aromatic heterocycles. The van der Waals surface area contributed by atoms with Crippen LogP contribution in [0.4, 0.5) is 0 Å². The van der Waals surface area contributed by atoms with Crippen molar-refractivity contribution in [3.8, 4) is 0 Å². The molecule has 1 amide bonds. The number of β-amino-alcohol motifs (C(OH)–C–C–N with tert-alkyl or cyclic N) is 1. The van der Waals surface area contributed by atoms with Crippen LogP contribution in [0, 0.1) is 0 Å². The number of aliphatic hydroxyl groups excluding tert-OH is 1. The van der Waals surface area contributed by atoms with Crippen molar-refractivity contribution in [1.29, 1.82) is 0 Å². The molecule has 2 aliphatic rings. The molecule has 0 bridgehead atoms. The van der Waals surface area contributed by atoms with Crippen molar-refractivity contribution in [2.24, 2.45) is 0 Å². The van der Waals surface area contributed by atoms with Gasteiger partial charge in [-0.3, -0.25) is 9.69 Å². The van der Waals surface area contributed by atoms with E-state index in [4.69, 9.17) is 0 Å². The molecule has 0 aliphatic carbocycles. The second kappa shape index (κ2) is 8.48. The van der Waals surface area contributed by atoms with Crippen molar-refractivity contribution in [1.82, 2.24) is 14.7 Å². The first-order valence-electron chi connectivity index (χ1n) is 9.59. The zero-order chi connectivity index (χ0) is 18.6. The Kier molecular flexibility index (Phi) is 6.29. The highest BCUT2D eigenvalue weighted by atomic mass is 16.3. The van der Waals surface area contributed by atoms with Gasteiger partial charge in [0.25, 0.3) is 0 Å². The third-order valence-corrected chi connectivity index (χ3v) is 5.67. The van der Waals surface area contributed by atoms with Crippen molar-refractivity contribution in [3.63, 3.8) is 0 Å². The SMILES string of the molecule is CN1CCN(C[C@@]2(O)CN(C(=O)CCc3ccccc3)CC[C@@H]2O)CC1. The summed E-state index contributed by atoms with van der Waals surface area (Å²) in [5.74, 6) is 0.0533. The van der Waals surface area contributed by atoms with Crippen LogP contribution in [0.25, 0.3) is 0 Å². The molecule has 3 rings (SSSR count). The van der Waals surface area contributed by atoms with Crippen molar-refractivity contribution in [3.05, 3.63) is 35.9 Å². The summed E-state index contributed by atoms with van der Waals surface area (Å²) in [6.45, 7) is 4.84. The highest BCUT2D eigenvalue weighted by molar-refractivity contribution is 5.76. The molecule has 144 valence electrons. The third-order valence-electron chi connectivity index (χ3n) is 5.67. The molecule has 2 heterocycles. The Morgan fingerprint density at radius 3 is 2.54 bits per heavy atom. The molecule has 6 nitrogen and oxygen atoms in total. The van der Waals surface area contributed by atoms with E-state index < -0.39 is 11.7 Å². The fourth-order valence-corrected chi connectivity index (χ4v) is 3.88. The third kappa shape index (κ3) is 4.82. The first kappa shape index (κ1) is 19.3. The van der Waals surface area contributed by atoms with Crippen LogP contribution in [-0.4, -0.2) is 95.4 Å². The second-order valence-electron chi connectivity index (χ2n) is 7.79. The number of rotatable bonds is 5. The lowest BCUT2D eigenvalue weighted by atomic mass is 9.88. The Morgan fingerprint density at radius 1 is 1.15 bits per heavy atom. The number of nitrogens with zero attached hydrogens (tertiary/aromatic N) is 3. The standard InChI is InChI=1S/C20H31N3O3/c1-21-11-13-22(14-12-21)15-20(26)16-23(10-9-18(20)24)19(25)8-7-17-5-3-2-4-6-17/h2-6,18,24,26H,7-16H2,1H3/t18-,20+/m0/s1. The van der Waals surface area contributed by atoms with E-state index in [1.807, 2.05) is 30.3 Å². The van der Waals surface area contributed by atoms with E-state index >= 15 is 0 Å². The van der Waals surface area contributed by atoms with Crippen molar-refractivity contribution < 1.29 is 15.0 Å². The zero-order valence-electron chi connectivity index (χ0n) is 15.7. The van der Waals surface area contributed by atoms with E-state index in [1.54, 1.807) is 4.90 Å². The fraction of sp³-hybridized carbons (Fsp3) is 0.650. The minimum Gasteiger partial charge on any atom is -0.390 e. The number of hydrogen-bond acceptors (Lipinski definition) is 5. The van der Waals surface area contributed by atoms with Crippen LogP contribution in [0.2, 0.25) is 0 Å². The maximum Gasteiger partial charge on any atom is 0.223 e. The summed E-state index contributed by atoms with van der Waals surface area (Å²) in [4.78, 5) is 18.8. The summed E-state index contributed by atoms with van der Waals surface area (Å²) in [6.07, 6.45) is 0.794. The molecular weight excluding hydrogens is 330 g/mol. The topological polar surface area (TPSA) is 67.2 Å². The molecule has 1 aromatic rings. The van der Waals surface area contributed by atoms with Crippen LogP contribution in [-0.2, 0) is 11.2 Å². The number of benzene rings is 1. The van der Waals surface area contributed by atoms with Gasteiger partial charge in [0.05, 0.1) is 12.6 Å². The summed E-state index contributed by atoms with van der Waals surface area (Å²) in [5, 5.41) is 21.5. The molecule has 0 radical (unpaired) electrons. The lowest BCUT2D eigenvalue weighted by Gasteiger charge is -2.46. The van der Waals surface area contributed by atoms with Crippen LogP contribution < -0.4 is 0 Å². The Labute approximate surface area is 156 Å². The summed E-state index contributed by atoms with van der Waals surface area (Å²) in [7, 11) is 2.09. The van der Waals surface area contributed by atoms with E-state index in [-0.39, 0.29) is 12.5 Å². The summed E-state index contributed by atoms with van der Waals surface area (Å²) < 4.78 is 0. The molecule has 1 aromatic carbocycles. The molecule has 6 heteroatoms. The predicted molar refractivity (Wildman–Crippen MR) is 101 cm³/mol. The molecule has 2 aliphatic heterocycles. The molecule has 2 N–H and O–H groups in total. The van der Waals surface area contributed by atoms with Crippen molar-refractivity contribution >= 4 is 5.91 Å². The Bertz CT molecular complexity index is 589. The van der Waals surface area contributed by atoms with Gasteiger partial charge < -0.3 is 20.0 Å². The van der Waals surface area contributed by atoms with E-state index in [0.717, 1.165) is 31.7 Å². The average Bonchev–Trinajstić information content (AvgIpc) is 2.65. The summed E-state index contributed by atoms with van der Waals surface area (Å²) in [6, 6.07) is 9.97. The largest absolute Gasteiger partial charge is 0.390 e. The number of likely N-dealkylation sites (N-methyl/N-ethyl adjacent to an activating group) is 1. The molecule has 0 spiro atoms. The van der Waals surface area contributed by atoms with Crippen LogP contribution >= 0.6 is 0 Å². The zero-order valence-corrected chi connectivity index (χ0v) is 15.7. The minimum atomic E-state index is -1.24. The maximum absolute atomic E-state index is 12.6. The van der Waals surface area contributed by atoms with Gasteiger partial charge in [0.15, 0.2) is 0 Å². The number of aryl methyl sites for hydroxylation is 1. The molecular formula is C20H31N3O3. The van der Waals surface area contributed by atoms with E-state index in [0.29, 0.717) is 32.4 Å². The van der Waals surface area contributed by atoms with Crippen LogP contribution in [0.3, 0.4) is 0 Å². The Hall–Kier alpha value is -1.47. The monoisotopic (exact) mass is 361 g/mol. The van der Waals surface area contributed by atoms with Crippen LogP contribution in [0.5, 0.6) is 0 Å². The quantitative estimate of drug-likeness (QED) is 0.784. The van der Waals surface area contributed by atoms with Crippen molar-refractivity contribution in [2.45, 2.75) is 31.0 Å². The smallest absolute Gasteiger partial charge is 0.223 e. The normalized spacial score (nSPS) is 28.3. The molecule has 26 heavy (non-hydrogen) atoms. The van der Waals surface area contributed by atoms with E-state index in [1.165, 1.54) is 0 Å². The van der Waals surface area contributed by atoms with Crippen molar-refractivity contribution in [2.75, 3.05) is 52.9 Å². The maximum atomic E-state index is 12.6. The predicted octanol–water partition coefficient (Wildman–Crippen LogP) is 0.191.